The van der Waals surface area contributed by atoms with Gasteiger partial charge in [0.15, 0.2) is 0 Å². The standard InChI is InChI=1S/C9H19N2.Y/c1-11-7-4-9(5-8-11)3-2-6-10;/h9-10H,2-8H2,1H3;/q-1;. The third kappa shape index (κ3) is 4.91. The molecule has 1 heterocycles. The largest absolute Gasteiger partial charge is 0.677 e. The van der Waals surface area contributed by atoms with Crippen molar-refractivity contribution in [2.45, 2.75) is 25.7 Å². The predicted octanol–water partition coefficient (Wildman–Crippen LogP) is 2.16. The number of likely N-dealkylation sites (tertiary alicyclic amines) is 1. The summed E-state index contributed by atoms with van der Waals surface area (Å²) in [5.74, 6) is 0.927. The zero-order chi connectivity index (χ0) is 8.10. The molecule has 1 N–H and O–H groups in total. The second-order valence-corrected chi connectivity index (χ2v) is 3.64. The Morgan fingerprint density at radius 2 is 1.92 bits per heavy atom. The van der Waals surface area contributed by atoms with Crippen molar-refractivity contribution in [3.8, 4) is 0 Å². The van der Waals surface area contributed by atoms with Gasteiger partial charge in [-0.05, 0) is 38.9 Å². The van der Waals surface area contributed by atoms with Crippen LogP contribution in [0, 0.1) is 5.92 Å². The second-order valence-electron chi connectivity index (χ2n) is 3.64. The molecule has 69 valence electrons. The van der Waals surface area contributed by atoms with Gasteiger partial charge >= 0.3 is 0 Å². The maximum absolute atomic E-state index is 7.05. The molecular weight excluding hydrogens is 225 g/mol. The topological polar surface area (TPSA) is 27.0 Å². The average molecular weight is 244 g/mol. The number of rotatable bonds is 3. The molecule has 1 aliphatic heterocycles. The fourth-order valence-electron chi connectivity index (χ4n) is 1.74. The first-order chi connectivity index (χ1) is 5.33. The van der Waals surface area contributed by atoms with Crippen molar-refractivity contribution in [3.63, 3.8) is 0 Å². The van der Waals surface area contributed by atoms with Crippen molar-refractivity contribution >= 4 is 0 Å². The van der Waals surface area contributed by atoms with E-state index >= 15 is 0 Å². The van der Waals surface area contributed by atoms with Crippen molar-refractivity contribution < 1.29 is 32.7 Å². The van der Waals surface area contributed by atoms with Crippen LogP contribution in [0.2, 0.25) is 0 Å². The molecule has 0 aromatic carbocycles. The van der Waals surface area contributed by atoms with E-state index in [1.54, 1.807) is 0 Å². The smallest absolute Gasteiger partial charge is 0 e. The van der Waals surface area contributed by atoms with Crippen LogP contribution >= 0.6 is 0 Å². The zero-order valence-electron chi connectivity index (χ0n) is 8.05. The minimum absolute atomic E-state index is 0. The SMILES string of the molecule is CN1CCC(CCC[NH-])CC1.[Y]. The normalized spacial score (nSPS) is 20.5. The Labute approximate surface area is 101 Å². The molecule has 0 unspecified atom stereocenters. The van der Waals surface area contributed by atoms with Crippen LogP contribution in [0.25, 0.3) is 5.73 Å². The molecule has 0 aliphatic carbocycles. The van der Waals surface area contributed by atoms with Gasteiger partial charge in [0, 0.05) is 32.7 Å². The molecular formula is C9H19N2Y-. The van der Waals surface area contributed by atoms with Gasteiger partial charge < -0.3 is 10.6 Å². The molecule has 0 saturated carbocycles. The predicted molar refractivity (Wildman–Crippen MR) is 48.6 cm³/mol. The number of piperidine rings is 1. The Morgan fingerprint density at radius 3 is 2.42 bits per heavy atom. The van der Waals surface area contributed by atoms with E-state index in [9.17, 15) is 0 Å². The first kappa shape index (κ1) is 13.0. The van der Waals surface area contributed by atoms with Crippen molar-refractivity contribution in [2.75, 3.05) is 26.7 Å². The Balaban J connectivity index is 0.00000121. The van der Waals surface area contributed by atoms with Gasteiger partial charge in [-0.15, -0.1) is 0 Å². The van der Waals surface area contributed by atoms with E-state index in [2.05, 4.69) is 11.9 Å². The van der Waals surface area contributed by atoms with Gasteiger partial charge in [0.05, 0.1) is 0 Å². The summed E-state index contributed by atoms with van der Waals surface area (Å²) in [5.41, 5.74) is 7.05. The third-order valence-corrected chi connectivity index (χ3v) is 2.63. The van der Waals surface area contributed by atoms with Crippen LogP contribution in [0.4, 0.5) is 0 Å². The van der Waals surface area contributed by atoms with E-state index in [1.807, 2.05) is 0 Å². The van der Waals surface area contributed by atoms with Crippen molar-refractivity contribution in [3.05, 3.63) is 5.73 Å². The summed E-state index contributed by atoms with van der Waals surface area (Å²) in [7, 11) is 2.20. The molecule has 1 saturated heterocycles. The summed E-state index contributed by atoms with van der Waals surface area (Å²) >= 11 is 0. The summed E-state index contributed by atoms with van der Waals surface area (Å²) in [5, 5.41) is 0. The van der Waals surface area contributed by atoms with Crippen molar-refractivity contribution in [1.82, 2.24) is 4.90 Å². The molecule has 0 amide bonds. The maximum atomic E-state index is 7.05. The fourth-order valence-corrected chi connectivity index (χ4v) is 1.74. The molecule has 1 radical (unpaired) electrons. The Morgan fingerprint density at radius 1 is 1.33 bits per heavy atom. The molecule has 1 fully saturated rings. The summed E-state index contributed by atoms with van der Waals surface area (Å²) < 4.78 is 0. The van der Waals surface area contributed by atoms with Gasteiger partial charge in [-0.3, -0.25) is 0 Å². The Hall–Kier alpha value is 1.02. The summed E-state index contributed by atoms with van der Waals surface area (Å²) in [6.07, 6.45) is 5.11. The molecule has 0 spiro atoms. The number of nitrogens with one attached hydrogen (secondary N) is 1. The van der Waals surface area contributed by atoms with E-state index in [0.29, 0.717) is 6.54 Å². The molecule has 12 heavy (non-hydrogen) atoms. The van der Waals surface area contributed by atoms with Crippen molar-refractivity contribution in [2.24, 2.45) is 5.92 Å². The molecule has 3 heteroatoms. The van der Waals surface area contributed by atoms with E-state index in [4.69, 9.17) is 5.73 Å². The minimum atomic E-state index is 0. The van der Waals surface area contributed by atoms with Gasteiger partial charge in [-0.25, -0.2) is 0 Å². The first-order valence-corrected chi connectivity index (χ1v) is 4.66. The minimum Gasteiger partial charge on any atom is -0.677 e. The van der Waals surface area contributed by atoms with E-state index in [-0.39, 0.29) is 32.7 Å². The van der Waals surface area contributed by atoms with Crippen LogP contribution in [0.5, 0.6) is 0 Å². The first-order valence-electron chi connectivity index (χ1n) is 4.66. The van der Waals surface area contributed by atoms with E-state index in [0.717, 1.165) is 12.3 Å². The van der Waals surface area contributed by atoms with Gasteiger partial charge in [0.1, 0.15) is 0 Å². The monoisotopic (exact) mass is 244 g/mol. The van der Waals surface area contributed by atoms with Crippen LogP contribution < -0.4 is 0 Å². The maximum Gasteiger partial charge on any atom is 0 e. The van der Waals surface area contributed by atoms with Gasteiger partial charge in [-0.2, -0.15) is 6.54 Å². The van der Waals surface area contributed by atoms with Crippen LogP contribution in [-0.2, 0) is 32.7 Å². The second kappa shape index (κ2) is 7.43. The van der Waals surface area contributed by atoms with Gasteiger partial charge in [0.25, 0.3) is 0 Å². The Bertz CT molecular complexity index is 97.9. The van der Waals surface area contributed by atoms with Crippen LogP contribution in [0.1, 0.15) is 25.7 Å². The van der Waals surface area contributed by atoms with E-state index in [1.165, 1.54) is 32.4 Å². The third-order valence-electron chi connectivity index (χ3n) is 2.63. The molecule has 0 aromatic heterocycles. The number of nitrogens with zero attached hydrogens (tertiary/aromatic N) is 1. The zero-order valence-corrected chi connectivity index (χ0v) is 10.9. The van der Waals surface area contributed by atoms with Crippen molar-refractivity contribution in [1.29, 1.82) is 0 Å². The molecule has 0 atom stereocenters. The average Bonchev–Trinajstić information content (AvgIpc) is 2.04. The van der Waals surface area contributed by atoms with Gasteiger partial charge in [-0.1, -0.05) is 12.8 Å². The van der Waals surface area contributed by atoms with E-state index < -0.39 is 0 Å². The summed E-state index contributed by atoms with van der Waals surface area (Å²) in [6, 6.07) is 0. The number of hydrogen-bond acceptors (Lipinski definition) is 1. The Kier molecular flexibility index (Phi) is 8.06. The molecule has 2 nitrogen and oxygen atoms in total. The van der Waals surface area contributed by atoms with Crippen LogP contribution in [0.15, 0.2) is 0 Å². The molecule has 1 aliphatic rings. The summed E-state index contributed by atoms with van der Waals surface area (Å²) in [6.45, 7) is 3.15. The molecule has 0 bridgehead atoms. The quantitative estimate of drug-likeness (QED) is 0.747. The fraction of sp³-hybridized carbons (Fsp3) is 1.00. The number of hydrogen-bond donors (Lipinski definition) is 0. The molecule has 1 rings (SSSR count). The van der Waals surface area contributed by atoms with Gasteiger partial charge in [0.2, 0.25) is 0 Å². The van der Waals surface area contributed by atoms with Crippen LogP contribution in [-0.4, -0.2) is 31.6 Å². The molecule has 0 aromatic rings. The van der Waals surface area contributed by atoms with Crippen LogP contribution in [0.3, 0.4) is 0 Å². The summed E-state index contributed by atoms with van der Waals surface area (Å²) in [4.78, 5) is 2.40.